The van der Waals surface area contributed by atoms with Gasteiger partial charge in [0.2, 0.25) is 0 Å². The van der Waals surface area contributed by atoms with Crippen LogP contribution in [0.5, 0.6) is 11.5 Å². The number of carbonyl (C=O) groups excluding carboxylic acids is 3. The molecule has 0 aliphatic carbocycles. The van der Waals surface area contributed by atoms with Crippen LogP contribution in [0.3, 0.4) is 0 Å². The van der Waals surface area contributed by atoms with Gasteiger partial charge >= 0.3 is 11.9 Å². The highest BCUT2D eigenvalue weighted by molar-refractivity contribution is 5.98. The van der Waals surface area contributed by atoms with E-state index in [2.05, 4.69) is 12.1 Å². The fraction of sp³-hybridized carbons (Fsp3) is 0.186. The maximum atomic E-state index is 12.9. The summed E-state index contributed by atoms with van der Waals surface area (Å²) in [6.07, 6.45) is 0.555. The summed E-state index contributed by atoms with van der Waals surface area (Å²) in [5.41, 5.74) is 5.41. The van der Waals surface area contributed by atoms with E-state index in [1.807, 2.05) is 86.6 Å². The van der Waals surface area contributed by atoms with E-state index < -0.39 is 11.9 Å². The largest absolute Gasteiger partial charge is 0.493 e. The SMILES string of the molecule is CC(COC(=O)c1cc(C=O)cc(C(=O)OCC(C)COc2ccc(-c3ccc(C#N)cc3)cc2)c1)COc1ccc(-c2ccc(C#N)cc2)cc1. The number of hydrogen-bond donors (Lipinski definition) is 0. The van der Waals surface area contributed by atoms with Crippen LogP contribution in [0.1, 0.15) is 56.0 Å². The summed E-state index contributed by atoms with van der Waals surface area (Å²) in [6, 6.07) is 38.1. The Labute approximate surface area is 302 Å². The van der Waals surface area contributed by atoms with E-state index in [1.165, 1.54) is 18.2 Å². The lowest BCUT2D eigenvalue weighted by Crippen LogP contribution is -2.19. The molecule has 2 atom stereocenters. The van der Waals surface area contributed by atoms with Crippen LogP contribution in [0.2, 0.25) is 0 Å². The van der Waals surface area contributed by atoms with Crippen LogP contribution in [-0.2, 0) is 9.47 Å². The summed E-state index contributed by atoms with van der Waals surface area (Å²) in [6.45, 7) is 4.45. The topological polar surface area (TPSA) is 136 Å². The molecule has 0 radical (unpaired) electrons. The van der Waals surface area contributed by atoms with Crippen molar-refractivity contribution in [1.82, 2.24) is 0 Å². The van der Waals surface area contributed by atoms with Crippen molar-refractivity contribution in [2.24, 2.45) is 11.8 Å². The fourth-order valence-electron chi connectivity index (χ4n) is 5.09. The lowest BCUT2D eigenvalue weighted by Gasteiger charge is -2.15. The van der Waals surface area contributed by atoms with Crippen molar-refractivity contribution in [2.45, 2.75) is 13.8 Å². The highest BCUT2D eigenvalue weighted by Gasteiger charge is 2.18. The zero-order chi connectivity index (χ0) is 36.9. The van der Waals surface area contributed by atoms with E-state index in [0.29, 0.717) is 42.1 Å². The van der Waals surface area contributed by atoms with Gasteiger partial charge in [0.05, 0.1) is 60.8 Å². The van der Waals surface area contributed by atoms with Crippen LogP contribution in [0.15, 0.2) is 115 Å². The number of hydrogen-bond acceptors (Lipinski definition) is 9. The van der Waals surface area contributed by atoms with Gasteiger partial charge in [0, 0.05) is 17.4 Å². The van der Waals surface area contributed by atoms with E-state index in [1.54, 1.807) is 24.3 Å². The molecule has 5 aromatic carbocycles. The minimum atomic E-state index is -0.677. The zero-order valence-electron chi connectivity index (χ0n) is 28.8. The van der Waals surface area contributed by atoms with Crippen molar-refractivity contribution in [3.05, 3.63) is 143 Å². The molecule has 0 bridgehead atoms. The van der Waals surface area contributed by atoms with Crippen molar-refractivity contribution in [1.29, 1.82) is 10.5 Å². The van der Waals surface area contributed by atoms with Crippen molar-refractivity contribution >= 4 is 18.2 Å². The minimum absolute atomic E-state index is 0.0585. The minimum Gasteiger partial charge on any atom is -0.493 e. The molecule has 0 aromatic heterocycles. The molecule has 0 spiro atoms. The molecule has 0 saturated carbocycles. The molecule has 9 nitrogen and oxygen atoms in total. The lowest BCUT2D eigenvalue weighted by molar-refractivity contribution is 0.0413. The average Bonchev–Trinajstić information content (AvgIpc) is 3.20. The van der Waals surface area contributed by atoms with Gasteiger partial charge in [0.1, 0.15) is 17.8 Å². The summed E-state index contributed by atoms with van der Waals surface area (Å²) >= 11 is 0. The first kappa shape index (κ1) is 36.6. The maximum Gasteiger partial charge on any atom is 0.338 e. The molecule has 2 unspecified atom stereocenters. The number of ether oxygens (including phenoxy) is 4. The van der Waals surface area contributed by atoms with Gasteiger partial charge in [-0.3, -0.25) is 4.79 Å². The summed E-state index contributed by atoms with van der Waals surface area (Å²) in [4.78, 5) is 37.5. The Kier molecular flexibility index (Phi) is 12.5. The molecule has 0 amide bonds. The van der Waals surface area contributed by atoms with Crippen molar-refractivity contribution in [3.8, 4) is 45.9 Å². The Hall–Kier alpha value is -6.71. The summed E-state index contributed by atoms with van der Waals surface area (Å²) in [7, 11) is 0. The number of carbonyl (C=O) groups is 3. The normalized spacial score (nSPS) is 11.6. The van der Waals surface area contributed by atoms with Crippen molar-refractivity contribution in [3.63, 3.8) is 0 Å². The Balaban J connectivity index is 1.06. The Morgan fingerprint density at radius 3 is 1.23 bits per heavy atom. The van der Waals surface area contributed by atoms with Crippen LogP contribution >= 0.6 is 0 Å². The molecule has 0 heterocycles. The van der Waals surface area contributed by atoms with Gasteiger partial charge in [0.15, 0.2) is 0 Å². The smallest absolute Gasteiger partial charge is 0.338 e. The second-order valence-electron chi connectivity index (χ2n) is 12.4. The number of nitriles is 2. The molecule has 0 N–H and O–H groups in total. The Morgan fingerprint density at radius 1 is 0.558 bits per heavy atom. The van der Waals surface area contributed by atoms with E-state index in [4.69, 9.17) is 29.5 Å². The molecule has 5 aromatic rings. The van der Waals surface area contributed by atoms with Crippen LogP contribution in [-0.4, -0.2) is 44.7 Å². The highest BCUT2D eigenvalue weighted by atomic mass is 16.5. The summed E-state index contributed by atoms with van der Waals surface area (Å²) < 4.78 is 22.7. The molecule has 0 fully saturated rings. The lowest BCUT2D eigenvalue weighted by atomic mass is 10.0. The van der Waals surface area contributed by atoms with Gasteiger partial charge in [-0.15, -0.1) is 0 Å². The maximum absolute atomic E-state index is 12.9. The Morgan fingerprint density at radius 2 is 0.904 bits per heavy atom. The third-order valence-corrected chi connectivity index (χ3v) is 8.03. The second kappa shape index (κ2) is 17.8. The van der Waals surface area contributed by atoms with E-state index in [0.717, 1.165) is 22.3 Å². The third kappa shape index (κ3) is 10.2. The summed E-state index contributed by atoms with van der Waals surface area (Å²) in [5, 5.41) is 18.0. The van der Waals surface area contributed by atoms with Crippen molar-refractivity contribution in [2.75, 3.05) is 26.4 Å². The van der Waals surface area contributed by atoms with E-state index in [-0.39, 0.29) is 41.7 Å². The zero-order valence-corrected chi connectivity index (χ0v) is 28.8. The van der Waals surface area contributed by atoms with Crippen LogP contribution in [0, 0.1) is 34.5 Å². The molecule has 9 heteroatoms. The molecule has 260 valence electrons. The predicted molar refractivity (Wildman–Crippen MR) is 195 cm³/mol. The van der Waals surface area contributed by atoms with Crippen LogP contribution < -0.4 is 9.47 Å². The fourth-order valence-corrected chi connectivity index (χ4v) is 5.09. The van der Waals surface area contributed by atoms with Gasteiger partial charge in [-0.25, -0.2) is 9.59 Å². The van der Waals surface area contributed by atoms with Gasteiger partial charge in [-0.1, -0.05) is 62.4 Å². The van der Waals surface area contributed by atoms with E-state index >= 15 is 0 Å². The summed E-state index contributed by atoms with van der Waals surface area (Å²) in [5.74, 6) is -0.331. The van der Waals surface area contributed by atoms with Gasteiger partial charge in [-0.05, 0) is 89.0 Å². The number of rotatable bonds is 15. The van der Waals surface area contributed by atoms with E-state index in [9.17, 15) is 14.4 Å². The predicted octanol–water partition coefficient (Wildman–Crippen LogP) is 8.32. The first-order valence-corrected chi connectivity index (χ1v) is 16.7. The highest BCUT2D eigenvalue weighted by Crippen LogP contribution is 2.25. The molecule has 0 aliphatic heterocycles. The Bertz CT molecular complexity index is 1930. The average molecular weight is 693 g/mol. The van der Waals surface area contributed by atoms with Crippen molar-refractivity contribution < 1.29 is 33.3 Å². The molecular formula is C43H36N2O7. The molecular weight excluding hydrogens is 656 g/mol. The quantitative estimate of drug-likeness (QED) is 0.0784. The number of benzene rings is 5. The molecule has 5 rings (SSSR count). The monoisotopic (exact) mass is 692 g/mol. The third-order valence-electron chi connectivity index (χ3n) is 8.03. The molecule has 0 saturated heterocycles. The standard InChI is InChI=1S/C43H36N2O7/c1-29(25-49-40-15-11-36(12-16-40)34-7-3-31(22-44)4-8-34)27-51-42(47)38-19-33(24-46)20-39(21-38)43(48)52-28-30(2)26-50-41-17-13-37(14-18-41)35-9-5-32(23-45)6-10-35/h3-21,24,29-30H,25-28H2,1-2H3. The first-order valence-electron chi connectivity index (χ1n) is 16.7. The number of aldehydes is 1. The second-order valence-corrected chi connectivity index (χ2v) is 12.4. The molecule has 52 heavy (non-hydrogen) atoms. The van der Waals surface area contributed by atoms with Gasteiger partial charge < -0.3 is 18.9 Å². The first-order chi connectivity index (χ1) is 25.2. The molecule has 0 aliphatic rings. The van der Waals surface area contributed by atoms with Crippen LogP contribution in [0.25, 0.3) is 22.3 Å². The van der Waals surface area contributed by atoms with Crippen LogP contribution in [0.4, 0.5) is 0 Å². The van der Waals surface area contributed by atoms with Gasteiger partial charge in [-0.2, -0.15) is 10.5 Å². The van der Waals surface area contributed by atoms with Gasteiger partial charge in [0.25, 0.3) is 0 Å². The number of esters is 2. The number of nitrogens with zero attached hydrogens (tertiary/aromatic N) is 2.